The molecule has 0 saturated heterocycles. The molecule has 0 aliphatic carbocycles. The summed E-state index contributed by atoms with van der Waals surface area (Å²) in [5.41, 5.74) is 2.49. The Labute approximate surface area is 192 Å². The van der Waals surface area contributed by atoms with Crippen molar-refractivity contribution < 1.29 is 23.4 Å². The minimum Gasteiger partial charge on any atom is -0.493 e. The van der Waals surface area contributed by atoms with Crippen LogP contribution < -0.4 is 9.47 Å². The van der Waals surface area contributed by atoms with E-state index in [2.05, 4.69) is 27.6 Å². The average Bonchev–Trinajstić information content (AvgIpc) is 3.14. The summed E-state index contributed by atoms with van der Waals surface area (Å²) < 4.78 is 30.6. The molecule has 3 aromatic carbocycles. The molecule has 156 valence electrons. The Morgan fingerprint density at radius 2 is 1.77 bits per heavy atom. The van der Waals surface area contributed by atoms with Crippen LogP contribution in [0.3, 0.4) is 0 Å². The fourth-order valence-electron chi connectivity index (χ4n) is 2.92. The highest BCUT2D eigenvalue weighted by Crippen LogP contribution is 2.30. The number of esters is 1. The maximum atomic E-state index is 13.0. The molecule has 1 aliphatic heterocycles. The summed E-state index contributed by atoms with van der Waals surface area (Å²) in [6, 6.07) is 18.9. The van der Waals surface area contributed by atoms with Gasteiger partial charge in [-0.3, -0.25) is 0 Å². The molecule has 7 heteroatoms. The first-order valence-corrected chi connectivity index (χ1v) is 10.4. The van der Waals surface area contributed by atoms with Gasteiger partial charge in [0.25, 0.3) is 0 Å². The molecule has 0 N–H and O–H groups in total. The number of carbonyl (C=O) groups is 1. The number of methoxy groups -OCH3 is 1. The van der Waals surface area contributed by atoms with Crippen molar-refractivity contribution in [2.24, 2.45) is 4.99 Å². The Balaban J connectivity index is 1.52. The summed E-state index contributed by atoms with van der Waals surface area (Å²) in [4.78, 5) is 16.6. The van der Waals surface area contributed by atoms with E-state index in [0.29, 0.717) is 17.1 Å². The van der Waals surface area contributed by atoms with E-state index >= 15 is 0 Å². The molecule has 0 radical (unpaired) electrons. The number of benzene rings is 3. The number of carbonyl (C=O) groups excluding carboxylic acids is 1. The Hall–Kier alpha value is -3.20. The van der Waals surface area contributed by atoms with Crippen LogP contribution in [0.4, 0.5) is 4.39 Å². The van der Waals surface area contributed by atoms with Crippen molar-refractivity contribution in [3.8, 4) is 11.5 Å². The van der Waals surface area contributed by atoms with Crippen LogP contribution in [0.1, 0.15) is 16.7 Å². The average molecular weight is 529 g/mol. The van der Waals surface area contributed by atoms with Crippen molar-refractivity contribution in [3.05, 3.63) is 98.5 Å². The second-order valence-electron chi connectivity index (χ2n) is 6.67. The first-order valence-electron chi connectivity index (χ1n) is 9.35. The number of hydrogen-bond acceptors (Lipinski definition) is 5. The fraction of sp³-hybridized carbons (Fsp3) is 0.0833. The van der Waals surface area contributed by atoms with Gasteiger partial charge in [0.1, 0.15) is 12.4 Å². The minimum atomic E-state index is -0.510. The van der Waals surface area contributed by atoms with Crippen molar-refractivity contribution in [1.82, 2.24) is 0 Å². The highest BCUT2D eigenvalue weighted by atomic mass is 127. The molecule has 0 aromatic heterocycles. The first-order chi connectivity index (χ1) is 15.0. The van der Waals surface area contributed by atoms with Crippen molar-refractivity contribution >= 4 is 40.5 Å². The van der Waals surface area contributed by atoms with Crippen LogP contribution in [0.2, 0.25) is 0 Å². The summed E-state index contributed by atoms with van der Waals surface area (Å²) in [7, 11) is 1.54. The molecule has 0 atom stereocenters. The first kappa shape index (κ1) is 21.0. The molecule has 1 heterocycles. The fourth-order valence-corrected chi connectivity index (χ4v) is 3.28. The third kappa shape index (κ3) is 5.11. The summed E-state index contributed by atoms with van der Waals surface area (Å²) >= 11 is 2.21. The molecule has 31 heavy (non-hydrogen) atoms. The number of hydrogen-bond donors (Lipinski definition) is 0. The number of ether oxygens (including phenoxy) is 3. The van der Waals surface area contributed by atoms with E-state index in [-0.39, 0.29) is 24.0 Å². The van der Waals surface area contributed by atoms with Crippen LogP contribution in [-0.4, -0.2) is 19.0 Å². The van der Waals surface area contributed by atoms with Gasteiger partial charge in [-0.25, -0.2) is 14.2 Å². The van der Waals surface area contributed by atoms with Gasteiger partial charge >= 0.3 is 5.97 Å². The molecular weight excluding hydrogens is 512 g/mol. The van der Waals surface area contributed by atoms with Crippen LogP contribution in [-0.2, 0) is 16.1 Å². The SMILES string of the molecule is COc1cc(/C=C2\N=C(c3ccc(I)cc3)OC2=O)ccc1OCc1ccc(F)cc1. The molecule has 0 fully saturated rings. The van der Waals surface area contributed by atoms with E-state index in [1.54, 1.807) is 36.4 Å². The Bertz CT molecular complexity index is 1170. The van der Waals surface area contributed by atoms with E-state index < -0.39 is 5.97 Å². The normalized spacial score (nSPS) is 14.4. The van der Waals surface area contributed by atoms with Gasteiger partial charge in [-0.2, -0.15) is 0 Å². The zero-order valence-electron chi connectivity index (χ0n) is 16.5. The molecule has 0 bridgehead atoms. The Morgan fingerprint density at radius 3 is 2.48 bits per heavy atom. The predicted molar refractivity (Wildman–Crippen MR) is 123 cm³/mol. The summed E-state index contributed by atoms with van der Waals surface area (Å²) in [5, 5.41) is 0. The lowest BCUT2D eigenvalue weighted by Crippen LogP contribution is -2.05. The standard InChI is InChI=1S/C24H17FINO4/c1-29-22-13-16(4-11-21(22)30-14-15-2-7-18(25)8-3-15)12-20-24(28)31-23(27-20)17-5-9-19(26)10-6-17/h2-13H,14H2,1H3/b20-12-. The van der Waals surface area contributed by atoms with Crippen molar-refractivity contribution in [2.75, 3.05) is 7.11 Å². The molecule has 5 nitrogen and oxygen atoms in total. The zero-order chi connectivity index (χ0) is 21.8. The Kier molecular flexibility index (Phi) is 6.31. The quantitative estimate of drug-likeness (QED) is 0.245. The van der Waals surface area contributed by atoms with E-state index in [1.807, 2.05) is 24.3 Å². The maximum Gasteiger partial charge on any atom is 0.363 e. The summed E-state index contributed by atoms with van der Waals surface area (Å²) in [6.45, 7) is 0.271. The van der Waals surface area contributed by atoms with E-state index in [9.17, 15) is 9.18 Å². The molecule has 0 unspecified atom stereocenters. The lowest BCUT2D eigenvalue weighted by molar-refractivity contribution is -0.129. The molecule has 0 amide bonds. The van der Waals surface area contributed by atoms with Gasteiger partial charge in [-0.05, 0) is 88.3 Å². The van der Waals surface area contributed by atoms with Gasteiger partial charge < -0.3 is 14.2 Å². The van der Waals surface area contributed by atoms with Crippen LogP contribution in [0.25, 0.3) is 6.08 Å². The molecule has 0 spiro atoms. The van der Waals surface area contributed by atoms with Crippen LogP contribution in [0.5, 0.6) is 11.5 Å². The van der Waals surface area contributed by atoms with Crippen molar-refractivity contribution in [3.63, 3.8) is 0 Å². The van der Waals surface area contributed by atoms with Gasteiger partial charge in [0.15, 0.2) is 17.2 Å². The number of rotatable bonds is 6. The van der Waals surface area contributed by atoms with Gasteiger partial charge in [0.2, 0.25) is 5.90 Å². The largest absolute Gasteiger partial charge is 0.493 e. The summed E-state index contributed by atoms with van der Waals surface area (Å²) in [5.74, 6) is 0.510. The van der Waals surface area contributed by atoms with Gasteiger partial charge in [0, 0.05) is 9.13 Å². The number of cyclic esters (lactones) is 1. The monoisotopic (exact) mass is 529 g/mol. The van der Waals surface area contributed by atoms with Crippen molar-refractivity contribution in [1.29, 1.82) is 0 Å². The van der Waals surface area contributed by atoms with Gasteiger partial charge in [-0.1, -0.05) is 18.2 Å². The maximum absolute atomic E-state index is 13.0. The second kappa shape index (κ2) is 9.30. The molecule has 3 aromatic rings. The van der Waals surface area contributed by atoms with Crippen LogP contribution in [0, 0.1) is 9.39 Å². The third-order valence-electron chi connectivity index (χ3n) is 4.51. The van der Waals surface area contributed by atoms with E-state index in [0.717, 1.165) is 14.7 Å². The van der Waals surface area contributed by atoms with Crippen LogP contribution >= 0.6 is 22.6 Å². The molecular formula is C24H17FINO4. The van der Waals surface area contributed by atoms with E-state index in [4.69, 9.17) is 14.2 Å². The van der Waals surface area contributed by atoms with Crippen LogP contribution in [0.15, 0.2) is 77.4 Å². The highest BCUT2D eigenvalue weighted by Gasteiger charge is 2.24. The van der Waals surface area contributed by atoms with Gasteiger partial charge in [-0.15, -0.1) is 0 Å². The number of halogens is 2. The van der Waals surface area contributed by atoms with E-state index in [1.165, 1.54) is 19.2 Å². The van der Waals surface area contributed by atoms with Gasteiger partial charge in [0.05, 0.1) is 7.11 Å². The zero-order valence-corrected chi connectivity index (χ0v) is 18.6. The lowest BCUT2D eigenvalue weighted by Gasteiger charge is -2.11. The lowest BCUT2D eigenvalue weighted by atomic mass is 10.1. The number of aliphatic imine (C=N–C) groups is 1. The highest BCUT2D eigenvalue weighted by molar-refractivity contribution is 14.1. The molecule has 0 saturated carbocycles. The topological polar surface area (TPSA) is 57.1 Å². The Morgan fingerprint density at radius 1 is 1.03 bits per heavy atom. The number of nitrogens with zero attached hydrogens (tertiary/aromatic N) is 1. The minimum absolute atomic E-state index is 0.204. The van der Waals surface area contributed by atoms with Crippen molar-refractivity contribution in [2.45, 2.75) is 6.61 Å². The molecule has 4 rings (SSSR count). The summed E-state index contributed by atoms with van der Waals surface area (Å²) in [6.07, 6.45) is 1.63. The predicted octanol–water partition coefficient (Wildman–Crippen LogP) is 5.36. The molecule has 1 aliphatic rings. The smallest absolute Gasteiger partial charge is 0.363 e. The second-order valence-corrected chi connectivity index (χ2v) is 7.91. The third-order valence-corrected chi connectivity index (χ3v) is 5.23.